The van der Waals surface area contributed by atoms with Crippen LogP contribution in [-0.4, -0.2) is 74.8 Å². The van der Waals surface area contributed by atoms with E-state index in [1.165, 1.54) is 28.0 Å². The number of urea groups is 1. The number of carbonyl (C=O) groups is 3. The summed E-state index contributed by atoms with van der Waals surface area (Å²) in [6.45, 7) is 5.08. The van der Waals surface area contributed by atoms with Crippen molar-refractivity contribution in [1.82, 2.24) is 20.1 Å². The topological polar surface area (TPSA) is 149 Å². The average molecular weight is 466 g/mol. The number of hydrogen-bond donors (Lipinski definition) is 4. The van der Waals surface area contributed by atoms with Crippen LogP contribution in [0.2, 0.25) is 0 Å². The van der Waals surface area contributed by atoms with Gasteiger partial charge in [0.05, 0.1) is 30.4 Å². The van der Waals surface area contributed by atoms with Gasteiger partial charge in [0.15, 0.2) is 4.34 Å². The molecule has 4 heterocycles. The molecule has 5 N–H and O–H groups in total. The molecule has 1 fully saturated rings. The van der Waals surface area contributed by atoms with Gasteiger partial charge in [0, 0.05) is 29.3 Å². The molecule has 0 spiro atoms. The van der Waals surface area contributed by atoms with Gasteiger partial charge in [-0.1, -0.05) is 24.8 Å². The zero-order valence-corrected chi connectivity index (χ0v) is 18.6. The highest BCUT2D eigenvalue weighted by molar-refractivity contribution is 8.04. The molecule has 3 aliphatic heterocycles. The van der Waals surface area contributed by atoms with E-state index in [0.29, 0.717) is 29.0 Å². The maximum atomic E-state index is 12.4. The second kappa shape index (κ2) is 8.26. The van der Waals surface area contributed by atoms with Gasteiger partial charge < -0.3 is 26.2 Å². The van der Waals surface area contributed by atoms with E-state index in [4.69, 9.17) is 5.73 Å². The Hall–Kier alpha value is -2.41. The summed E-state index contributed by atoms with van der Waals surface area (Å²) in [5.41, 5.74) is 6.92. The Balaban J connectivity index is 1.49. The summed E-state index contributed by atoms with van der Waals surface area (Å²) in [6.07, 6.45) is 1.20. The van der Waals surface area contributed by atoms with Crippen LogP contribution in [-0.2, 0) is 9.59 Å². The highest BCUT2D eigenvalue weighted by atomic mass is 32.2. The van der Waals surface area contributed by atoms with Crippen molar-refractivity contribution in [3.05, 3.63) is 27.8 Å². The van der Waals surface area contributed by atoms with E-state index in [2.05, 4.69) is 10.3 Å². The van der Waals surface area contributed by atoms with Gasteiger partial charge in [-0.05, 0) is 12.5 Å². The number of aliphatic carboxylic acids is 1. The maximum absolute atomic E-state index is 12.4. The summed E-state index contributed by atoms with van der Waals surface area (Å²) in [7, 11) is 0. The van der Waals surface area contributed by atoms with Crippen molar-refractivity contribution in [2.75, 3.05) is 19.8 Å². The Morgan fingerprint density at radius 1 is 1.48 bits per heavy atom. The van der Waals surface area contributed by atoms with Crippen molar-refractivity contribution in [3.63, 3.8) is 0 Å². The fourth-order valence-electron chi connectivity index (χ4n) is 4.31. The number of carboxylic acid groups (broad SMARTS) is 1. The number of aromatic nitrogens is 1. The summed E-state index contributed by atoms with van der Waals surface area (Å²) < 4.78 is 0.689. The number of aliphatic hydroxyl groups excluding tert-OH is 1. The quantitative estimate of drug-likeness (QED) is 0.430. The van der Waals surface area contributed by atoms with Crippen LogP contribution in [0.5, 0.6) is 0 Å². The minimum absolute atomic E-state index is 0.00932. The van der Waals surface area contributed by atoms with Gasteiger partial charge in [-0.25, -0.2) is 14.6 Å². The Bertz CT molecular complexity index is 1000. The molecule has 166 valence electrons. The molecule has 0 radical (unpaired) electrons. The molecule has 0 aromatic carbocycles. The number of hydrogen-bond acceptors (Lipinski definition) is 8. The molecule has 3 amide bonds. The molecule has 31 heavy (non-hydrogen) atoms. The van der Waals surface area contributed by atoms with E-state index < -0.39 is 24.0 Å². The summed E-state index contributed by atoms with van der Waals surface area (Å²) in [5.74, 6) is -2.29. The molecule has 1 saturated heterocycles. The molecule has 4 unspecified atom stereocenters. The van der Waals surface area contributed by atoms with Crippen LogP contribution in [0.3, 0.4) is 0 Å². The second-order valence-electron chi connectivity index (χ2n) is 7.81. The molecule has 4 atom stereocenters. The van der Waals surface area contributed by atoms with E-state index in [9.17, 15) is 24.6 Å². The lowest BCUT2D eigenvalue weighted by atomic mass is 9.79. The predicted octanol–water partition coefficient (Wildman–Crippen LogP) is 0.714. The SMILES string of the molecule is CC(O)C1C(=O)N2C(C(=O)O)=C(Sc3nc(C4=CCN(CNC(N)=O)C4)cs3)C(C)C12. The van der Waals surface area contributed by atoms with Crippen LogP contribution in [0.4, 0.5) is 4.79 Å². The fraction of sp³-hybridized carbons (Fsp3) is 0.474. The molecular formula is C19H23N5O5S2. The van der Waals surface area contributed by atoms with Crippen LogP contribution in [0.25, 0.3) is 5.57 Å². The third-order valence-corrected chi connectivity index (χ3v) is 8.01. The number of nitrogens with zero attached hydrogens (tertiary/aromatic N) is 3. The molecule has 10 nitrogen and oxygen atoms in total. The monoisotopic (exact) mass is 465 g/mol. The minimum Gasteiger partial charge on any atom is -0.477 e. The van der Waals surface area contributed by atoms with Gasteiger partial charge in [0.1, 0.15) is 5.70 Å². The van der Waals surface area contributed by atoms with E-state index >= 15 is 0 Å². The molecule has 1 aromatic heterocycles. The lowest BCUT2D eigenvalue weighted by Gasteiger charge is -2.46. The first kappa shape index (κ1) is 21.8. The number of rotatable bonds is 7. The van der Waals surface area contributed by atoms with Crippen molar-refractivity contribution in [3.8, 4) is 0 Å². The van der Waals surface area contributed by atoms with E-state index in [-0.39, 0.29) is 23.6 Å². The summed E-state index contributed by atoms with van der Waals surface area (Å²) in [6, 6.07) is -0.917. The normalized spacial score (nSPS) is 26.5. The lowest BCUT2D eigenvalue weighted by molar-refractivity contribution is -0.163. The van der Waals surface area contributed by atoms with Crippen LogP contribution < -0.4 is 11.1 Å². The van der Waals surface area contributed by atoms with Crippen molar-refractivity contribution in [2.45, 2.75) is 30.3 Å². The lowest BCUT2D eigenvalue weighted by Crippen LogP contribution is -2.63. The van der Waals surface area contributed by atoms with Crippen LogP contribution in [0.15, 0.2) is 26.4 Å². The maximum Gasteiger partial charge on any atom is 0.353 e. The number of primary amides is 1. The number of nitrogens with one attached hydrogen (secondary N) is 1. The predicted molar refractivity (Wildman–Crippen MR) is 115 cm³/mol. The first-order valence-electron chi connectivity index (χ1n) is 9.76. The fourth-order valence-corrected chi connectivity index (χ4v) is 6.42. The smallest absolute Gasteiger partial charge is 0.353 e. The first-order chi connectivity index (χ1) is 14.7. The summed E-state index contributed by atoms with van der Waals surface area (Å²) in [4.78, 5) is 43.8. The van der Waals surface area contributed by atoms with Gasteiger partial charge in [0.25, 0.3) is 0 Å². The van der Waals surface area contributed by atoms with Crippen LogP contribution in [0, 0.1) is 11.8 Å². The standard InChI is InChI=1S/C19H23N5O5S2/c1-8-13-12(9(2)25)16(26)24(13)14(17(27)28)15(8)31-19-22-11(6-30-19)10-3-4-23(5-10)7-21-18(20)29/h3,6,8-9,12-13,25H,4-5,7H2,1-2H3,(H,27,28)(H3,20,21,29). The van der Waals surface area contributed by atoms with Gasteiger partial charge in [0.2, 0.25) is 5.91 Å². The molecule has 12 heteroatoms. The van der Waals surface area contributed by atoms with Crippen LogP contribution in [0.1, 0.15) is 19.5 Å². The number of amides is 3. The minimum atomic E-state index is -1.15. The number of carboxylic acids is 1. The molecule has 0 bridgehead atoms. The number of aliphatic hydroxyl groups is 1. The average Bonchev–Trinajstić information content (AvgIpc) is 3.38. The number of fused-ring (bicyclic) bond motifs is 1. The largest absolute Gasteiger partial charge is 0.477 e. The molecule has 0 aliphatic carbocycles. The highest BCUT2D eigenvalue weighted by Gasteiger charge is 2.60. The number of thioether (sulfide) groups is 1. The van der Waals surface area contributed by atoms with Crippen molar-refractivity contribution in [2.24, 2.45) is 17.6 Å². The molecular weight excluding hydrogens is 442 g/mol. The van der Waals surface area contributed by atoms with Gasteiger partial charge in [-0.2, -0.15) is 0 Å². The zero-order valence-electron chi connectivity index (χ0n) is 16.9. The number of β-lactam (4-membered cyclic amide) rings is 1. The van der Waals surface area contributed by atoms with E-state index in [0.717, 1.165) is 11.3 Å². The van der Waals surface area contributed by atoms with Gasteiger partial charge in [-0.15, -0.1) is 11.3 Å². The molecule has 4 rings (SSSR count). The van der Waals surface area contributed by atoms with Crippen LogP contribution >= 0.6 is 23.1 Å². The molecule has 1 aromatic rings. The van der Waals surface area contributed by atoms with Crippen molar-refractivity contribution < 1.29 is 24.6 Å². The molecule has 3 aliphatic rings. The summed E-state index contributed by atoms with van der Waals surface area (Å²) in [5, 5.41) is 24.2. The first-order valence-corrected chi connectivity index (χ1v) is 11.5. The second-order valence-corrected chi connectivity index (χ2v) is 9.96. The summed E-state index contributed by atoms with van der Waals surface area (Å²) >= 11 is 2.68. The Labute approximate surface area is 186 Å². The van der Waals surface area contributed by atoms with E-state index in [1.54, 1.807) is 6.92 Å². The Kier molecular flexibility index (Phi) is 5.81. The number of carbonyl (C=O) groups excluding carboxylic acids is 2. The third-order valence-electron chi connectivity index (χ3n) is 5.79. The zero-order chi connectivity index (χ0) is 22.4. The van der Waals surface area contributed by atoms with Gasteiger partial charge >= 0.3 is 12.0 Å². The number of thiazole rings is 1. The van der Waals surface area contributed by atoms with E-state index in [1.807, 2.05) is 23.3 Å². The Morgan fingerprint density at radius 3 is 2.87 bits per heavy atom. The number of nitrogens with two attached hydrogens (primary N) is 1. The third kappa shape index (κ3) is 3.84. The Morgan fingerprint density at radius 2 is 2.23 bits per heavy atom. The van der Waals surface area contributed by atoms with Crippen molar-refractivity contribution >= 4 is 46.6 Å². The van der Waals surface area contributed by atoms with Crippen molar-refractivity contribution in [1.29, 1.82) is 0 Å². The molecule has 0 saturated carbocycles. The highest BCUT2D eigenvalue weighted by Crippen LogP contribution is 2.52. The van der Waals surface area contributed by atoms with Gasteiger partial charge in [-0.3, -0.25) is 9.69 Å².